The normalized spacial score (nSPS) is 11.9. The number of furan rings is 1. The third-order valence-electron chi connectivity index (χ3n) is 2.80. The Labute approximate surface area is 112 Å². The molecule has 0 aliphatic heterocycles. The zero-order valence-electron chi connectivity index (χ0n) is 11.1. The van der Waals surface area contributed by atoms with Crippen LogP contribution < -0.4 is 5.32 Å². The molecule has 1 aromatic heterocycles. The standard InChI is InChI=1S/C15H17NO3/c1-3-19-15(17)12-5-4-6-14(9-12)16-11(2)13-7-8-18-10-13/h4-11,16H,3H2,1-2H3. The minimum Gasteiger partial charge on any atom is -0.472 e. The van der Waals surface area contributed by atoms with Crippen molar-refractivity contribution in [2.75, 3.05) is 11.9 Å². The van der Waals surface area contributed by atoms with Crippen molar-refractivity contribution in [1.29, 1.82) is 0 Å². The lowest BCUT2D eigenvalue weighted by molar-refractivity contribution is 0.0526. The van der Waals surface area contributed by atoms with Gasteiger partial charge in [0, 0.05) is 11.3 Å². The minimum atomic E-state index is -0.304. The highest BCUT2D eigenvalue weighted by molar-refractivity contribution is 5.90. The number of carbonyl (C=O) groups is 1. The van der Waals surface area contributed by atoms with Crippen molar-refractivity contribution in [3.05, 3.63) is 54.0 Å². The van der Waals surface area contributed by atoms with E-state index >= 15 is 0 Å². The van der Waals surface area contributed by atoms with E-state index in [1.807, 2.05) is 25.1 Å². The van der Waals surface area contributed by atoms with E-state index in [0.717, 1.165) is 11.3 Å². The average molecular weight is 259 g/mol. The average Bonchev–Trinajstić information content (AvgIpc) is 2.93. The lowest BCUT2D eigenvalue weighted by atomic mass is 10.1. The lowest BCUT2D eigenvalue weighted by Gasteiger charge is -2.14. The van der Waals surface area contributed by atoms with Crippen LogP contribution in [0.15, 0.2) is 47.3 Å². The van der Waals surface area contributed by atoms with Crippen LogP contribution in [0.25, 0.3) is 0 Å². The van der Waals surface area contributed by atoms with E-state index in [0.29, 0.717) is 12.2 Å². The van der Waals surface area contributed by atoms with Gasteiger partial charge < -0.3 is 14.5 Å². The van der Waals surface area contributed by atoms with Crippen molar-refractivity contribution in [2.45, 2.75) is 19.9 Å². The van der Waals surface area contributed by atoms with Crippen LogP contribution in [0.4, 0.5) is 5.69 Å². The second-order valence-corrected chi connectivity index (χ2v) is 4.22. The number of hydrogen-bond donors (Lipinski definition) is 1. The molecule has 0 saturated carbocycles. The quantitative estimate of drug-likeness (QED) is 0.833. The first-order chi connectivity index (χ1) is 9.20. The van der Waals surface area contributed by atoms with Crippen LogP contribution in [0.1, 0.15) is 35.8 Å². The van der Waals surface area contributed by atoms with Crippen molar-refractivity contribution in [3.63, 3.8) is 0 Å². The van der Waals surface area contributed by atoms with Gasteiger partial charge in [0.25, 0.3) is 0 Å². The van der Waals surface area contributed by atoms with E-state index < -0.39 is 0 Å². The Morgan fingerprint density at radius 3 is 2.95 bits per heavy atom. The first-order valence-electron chi connectivity index (χ1n) is 6.26. The Kier molecular flexibility index (Phi) is 4.23. The van der Waals surface area contributed by atoms with Gasteiger partial charge in [-0.1, -0.05) is 6.07 Å². The molecule has 0 radical (unpaired) electrons. The third kappa shape index (κ3) is 3.37. The summed E-state index contributed by atoms with van der Waals surface area (Å²) in [6.07, 6.45) is 3.34. The molecule has 0 amide bonds. The summed E-state index contributed by atoms with van der Waals surface area (Å²) >= 11 is 0. The maximum absolute atomic E-state index is 11.6. The minimum absolute atomic E-state index is 0.108. The molecule has 4 heteroatoms. The van der Waals surface area contributed by atoms with Crippen LogP contribution in [0.2, 0.25) is 0 Å². The largest absolute Gasteiger partial charge is 0.472 e. The van der Waals surface area contributed by atoms with Crippen LogP contribution in [-0.4, -0.2) is 12.6 Å². The molecule has 4 nitrogen and oxygen atoms in total. The van der Waals surface area contributed by atoms with Gasteiger partial charge in [0.2, 0.25) is 0 Å². The van der Waals surface area contributed by atoms with Gasteiger partial charge in [0.05, 0.1) is 30.7 Å². The molecule has 0 spiro atoms. The maximum Gasteiger partial charge on any atom is 0.338 e. The van der Waals surface area contributed by atoms with Gasteiger partial charge in [-0.15, -0.1) is 0 Å². The summed E-state index contributed by atoms with van der Waals surface area (Å²) in [5.74, 6) is -0.304. The molecule has 2 rings (SSSR count). The number of nitrogens with one attached hydrogen (secondary N) is 1. The maximum atomic E-state index is 11.6. The van der Waals surface area contributed by atoms with Crippen LogP contribution in [-0.2, 0) is 4.74 Å². The first kappa shape index (κ1) is 13.2. The molecule has 0 aliphatic carbocycles. The van der Waals surface area contributed by atoms with Gasteiger partial charge in [-0.25, -0.2) is 4.79 Å². The second-order valence-electron chi connectivity index (χ2n) is 4.22. The summed E-state index contributed by atoms with van der Waals surface area (Å²) < 4.78 is 10.0. The number of ether oxygens (including phenoxy) is 1. The van der Waals surface area contributed by atoms with E-state index in [1.54, 1.807) is 31.6 Å². The van der Waals surface area contributed by atoms with E-state index in [4.69, 9.17) is 9.15 Å². The topological polar surface area (TPSA) is 51.5 Å². The number of benzene rings is 1. The monoisotopic (exact) mass is 259 g/mol. The molecule has 0 fully saturated rings. The summed E-state index contributed by atoms with van der Waals surface area (Å²) in [5, 5.41) is 3.31. The highest BCUT2D eigenvalue weighted by Gasteiger charge is 2.09. The van der Waals surface area contributed by atoms with Crippen LogP contribution in [0.3, 0.4) is 0 Å². The molecule has 1 atom stereocenters. The number of esters is 1. The Balaban J connectivity index is 2.09. The van der Waals surface area contributed by atoms with E-state index in [9.17, 15) is 4.79 Å². The fraction of sp³-hybridized carbons (Fsp3) is 0.267. The predicted molar refractivity (Wildman–Crippen MR) is 73.1 cm³/mol. The second kappa shape index (κ2) is 6.09. The highest BCUT2D eigenvalue weighted by Crippen LogP contribution is 2.20. The van der Waals surface area contributed by atoms with Gasteiger partial charge >= 0.3 is 5.97 Å². The fourth-order valence-electron chi connectivity index (χ4n) is 1.81. The summed E-state index contributed by atoms with van der Waals surface area (Å²) in [6, 6.07) is 9.29. The van der Waals surface area contributed by atoms with Crippen LogP contribution >= 0.6 is 0 Å². The van der Waals surface area contributed by atoms with Gasteiger partial charge in [0.15, 0.2) is 0 Å². The van der Waals surface area contributed by atoms with E-state index in [1.165, 1.54) is 0 Å². The molecule has 0 aliphatic rings. The molecular formula is C15H17NO3. The zero-order valence-corrected chi connectivity index (χ0v) is 11.1. The zero-order chi connectivity index (χ0) is 13.7. The van der Waals surface area contributed by atoms with Crippen LogP contribution in [0, 0.1) is 0 Å². The SMILES string of the molecule is CCOC(=O)c1cccc(NC(C)c2ccoc2)c1. The summed E-state index contributed by atoms with van der Waals surface area (Å²) in [4.78, 5) is 11.6. The summed E-state index contributed by atoms with van der Waals surface area (Å²) in [6.45, 7) is 4.20. The van der Waals surface area contributed by atoms with Crippen molar-refractivity contribution in [1.82, 2.24) is 0 Å². The molecule has 1 aromatic carbocycles. The Morgan fingerprint density at radius 1 is 1.42 bits per heavy atom. The van der Waals surface area contributed by atoms with Crippen LogP contribution in [0.5, 0.6) is 0 Å². The van der Waals surface area contributed by atoms with Crippen molar-refractivity contribution in [2.24, 2.45) is 0 Å². The molecule has 1 unspecified atom stereocenters. The molecule has 2 aromatic rings. The Morgan fingerprint density at radius 2 is 2.26 bits per heavy atom. The number of carbonyl (C=O) groups excluding carboxylic acids is 1. The highest BCUT2D eigenvalue weighted by atomic mass is 16.5. The van der Waals surface area contributed by atoms with E-state index in [2.05, 4.69) is 5.32 Å². The number of hydrogen-bond acceptors (Lipinski definition) is 4. The van der Waals surface area contributed by atoms with Gasteiger partial charge in [0.1, 0.15) is 0 Å². The van der Waals surface area contributed by atoms with Gasteiger partial charge in [-0.3, -0.25) is 0 Å². The van der Waals surface area contributed by atoms with E-state index in [-0.39, 0.29) is 12.0 Å². The smallest absolute Gasteiger partial charge is 0.338 e. The molecule has 1 heterocycles. The molecular weight excluding hydrogens is 242 g/mol. The molecule has 100 valence electrons. The number of anilines is 1. The van der Waals surface area contributed by atoms with Crippen molar-refractivity contribution in [3.8, 4) is 0 Å². The molecule has 0 saturated heterocycles. The number of rotatable bonds is 5. The molecule has 19 heavy (non-hydrogen) atoms. The van der Waals surface area contributed by atoms with Gasteiger partial charge in [-0.2, -0.15) is 0 Å². The first-order valence-corrected chi connectivity index (χ1v) is 6.26. The Hall–Kier alpha value is -2.23. The van der Waals surface area contributed by atoms with Crippen molar-refractivity contribution >= 4 is 11.7 Å². The Bertz CT molecular complexity index is 534. The summed E-state index contributed by atoms with van der Waals surface area (Å²) in [7, 11) is 0. The lowest BCUT2D eigenvalue weighted by Crippen LogP contribution is -2.08. The predicted octanol–water partition coefficient (Wildman–Crippen LogP) is 3.63. The molecule has 1 N–H and O–H groups in total. The van der Waals surface area contributed by atoms with Crippen molar-refractivity contribution < 1.29 is 13.9 Å². The summed E-state index contributed by atoms with van der Waals surface area (Å²) in [5.41, 5.74) is 2.48. The molecule has 0 bridgehead atoms. The van der Waals surface area contributed by atoms with Gasteiger partial charge in [-0.05, 0) is 38.1 Å². The third-order valence-corrected chi connectivity index (χ3v) is 2.80. The fourth-order valence-corrected chi connectivity index (χ4v) is 1.81.